The molecule has 8 nitrogen and oxygen atoms in total. The number of rotatable bonds is 3. The number of hydrogen-bond acceptors (Lipinski definition) is 5. The fourth-order valence-electron chi connectivity index (χ4n) is 1.66. The molecular weight excluding hydrogens is 224 g/mol. The van der Waals surface area contributed by atoms with E-state index in [1.165, 1.54) is 11.0 Å². The molecule has 1 atom stereocenters. The Kier molecular flexibility index (Phi) is 3.22. The van der Waals surface area contributed by atoms with Crippen molar-refractivity contribution >= 4 is 17.8 Å². The second-order valence-electron chi connectivity index (χ2n) is 3.91. The molecule has 2 amide bonds. The van der Waals surface area contributed by atoms with Gasteiger partial charge in [0.25, 0.3) is 0 Å². The fourth-order valence-corrected chi connectivity index (χ4v) is 1.66. The fraction of sp³-hybridized carbons (Fsp3) is 0.556. The van der Waals surface area contributed by atoms with Crippen LogP contribution in [0.3, 0.4) is 0 Å². The number of nitrogens with zero attached hydrogens (tertiary/aromatic N) is 3. The smallest absolute Gasteiger partial charge is 0.242 e. The minimum Gasteiger partial charge on any atom is -0.367 e. The molecule has 0 bridgehead atoms. The molecular formula is C9H14N6O2. The summed E-state index contributed by atoms with van der Waals surface area (Å²) < 4.78 is 1.37. The molecule has 1 unspecified atom stereocenters. The van der Waals surface area contributed by atoms with Crippen molar-refractivity contribution in [3.05, 3.63) is 6.33 Å². The first-order valence-corrected chi connectivity index (χ1v) is 5.34. The molecule has 8 heteroatoms. The third-order valence-electron chi connectivity index (χ3n) is 2.49. The van der Waals surface area contributed by atoms with Crippen LogP contribution in [0.25, 0.3) is 0 Å². The van der Waals surface area contributed by atoms with Gasteiger partial charge >= 0.3 is 0 Å². The van der Waals surface area contributed by atoms with E-state index in [1.807, 2.05) is 0 Å². The van der Waals surface area contributed by atoms with Gasteiger partial charge in [-0.3, -0.25) is 9.59 Å². The number of carbonyl (C=O) groups is 2. The number of aromatic nitrogens is 3. The summed E-state index contributed by atoms with van der Waals surface area (Å²) in [5, 5.41) is 9.32. The Labute approximate surface area is 97.6 Å². The number of amides is 2. The van der Waals surface area contributed by atoms with E-state index in [1.54, 1.807) is 0 Å². The Bertz CT molecular complexity index is 419. The van der Waals surface area contributed by atoms with Gasteiger partial charge in [0.05, 0.1) is 0 Å². The van der Waals surface area contributed by atoms with Gasteiger partial charge in [-0.1, -0.05) is 0 Å². The Morgan fingerprint density at radius 1 is 1.71 bits per heavy atom. The second kappa shape index (κ2) is 4.81. The lowest BCUT2D eigenvalue weighted by molar-refractivity contribution is -0.126. The van der Waals surface area contributed by atoms with E-state index in [9.17, 15) is 9.59 Å². The van der Waals surface area contributed by atoms with Gasteiger partial charge in [-0.05, 0) is 6.42 Å². The van der Waals surface area contributed by atoms with Gasteiger partial charge in [-0.2, -0.15) is 0 Å². The maximum absolute atomic E-state index is 11.6. The number of carbonyl (C=O) groups excluding carboxylic acids is 2. The predicted octanol–water partition coefficient (Wildman–Crippen LogP) is -1.74. The minimum absolute atomic E-state index is 0.0129. The molecule has 1 aliphatic heterocycles. The van der Waals surface area contributed by atoms with Crippen LogP contribution in [0.2, 0.25) is 0 Å². The van der Waals surface area contributed by atoms with Crippen molar-refractivity contribution in [1.82, 2.24) is 25.4 Å². The summed E-state index contributed by atoms with van der Waals surface area (Å²) in [6, 6.07) is -0.0129. The van der Waals surface area contributed by atoms with Crippen molar-refractivity contribution in [2.75, 3.05) is 12.3 Å². The number of nitrogens with two attached hydrogens (primary N) is 1. The average molecular weight is 238 g/mol. The average Bonchev–Trinajstić information content (AvgIpc) is 2.67. The molecule has 1 aromatic rings. The molecule has 1 saturated heterocycles. The topological polar surface area (TPSA) is 115 Å². The first-order valence-electron chi connectivity index (χ1n) is 5.34. The SMILES string of the molecule is Nc1ncn(CC(=O)NC2CCC(=O)NC2)n1. The largest absolute Gasteiger partial charge is 0.367 e. The highest BCUT2D eigenvalue weighted by Crippen LogP contribution is 2.02. The molecule has 0 radical (unpaired) electrons. The first kappa shape index (κ1) is 11.4. The number of hydrogen-bond donors (Lipinski definition) is 3. The van der Waals surface area contributed by atoms with E-state index in [0.717, 1.165) is 0 Å². The third kappa shape index (κ3) is 3.16. The van der Waals surface area contributed by atoms with Gasteiger partial charge in [-0.25, -0.2) is 9.67 Å². The Morgan fingerprint density at radius 2 is 2.53 bits per heavy atom. The molecule has 0 aliphatic carbocycles. The van der Waals surface area contributed by atoms with Gasteiger partial charge in [0.1, 0.15) is 12.9 Å². The van der Waals surface area contributed by atoms with E-state index in [-0.39, 0.29) is 30.3 Å². The maximum atomic E-state index is 11.6. The zero-order valence-electron chi connectivity index (χ0n) is 9.22. The first-order chi connectivity index (χ1) is 8.13. The highest BCUT2D eigenvalue weighted by atomic mass is 16.2. The zero-order valence-corrected chi connectivity index (χ0v) is 9.22. The Morgan fingerprint density at radius 3 is 3.12 bits per heavy atom. The number of piperidine rings is 1. The second-order valence-corrected chi connectivity index (χ2v) is 3.91. The van der Waals surface area contributed by atoms with Gasteiger partial charge in [-0.15, -0.1) is 5.10 Å². The molecule has 0 aromatic carbocycles. The van der Waals surface area contributed by atoms with Crippen molar-refractivity contribution in [2.45, 2.75) is 25.4 Å². The highest BCUT2D eigenvalue weighted by molar-refractivity contribution is 5.78. The summed E-state index contributed by atoms with van der Waals surface area (Å²) in [5.74, 6) is -0.00155. The van der Waals surface area contributed by atoms with Gasteiger partial charge in [0, 0.05) is 19.0 Å². The maximum Gasteiger partial charge on any atom is 0.242 e. The molecule has 0 spiro atoms. The molecule has 4 N–H and O–H groups in total. The molecule has 92 valence electrons. The van der Waals surface area contributed by atoms with Crippen LogP contribution in [-0.2, 0) is 16.1 Å². The summed E-state index contributed by atoms with van der Waals surface area (Å²) in [6.07, 6.45) is 2.51. The highest BCUT2D eigenvalue weighted by Gasteiger charge is 2.19. The summed E-state index contributed by atoms with van der Waals surface area (Å²) in [7, 11) is 0. The van der Waals surface area contributed by atoms with Crippen LogP contribution in [0, 0.1) is 0 Å². The van der Waals surface area contributed by atoms with Gasteiger partial charge in [0.15, 0.2) is 0 Å². The number of nitrogens with one attached hydrogen (secondary N) is 2. The van der Waals surface area contributed by atoms with Crippen molar-refractivity contribution in [3.8, 4) is 0 Å². The van der Waals surface area contributed by atoms with Crippen LogP contribution in [0.15, 0.2) is 6.33 Å². The van der Waals surface area contributed by atoms with Crippen LogP contribution < -0.4 is 16.4 Å². The van der Waals surface area contributed by atoms with E-state index in [4.69, 9.17) is 5.73 Å². The van der Waals surface area contributed by atoms with Crippen molar-refractivity contribution in [1.29, 1.82) is 0 Å². The molecule has 2 heterocycles. The molecule has 1 aliphatic rings. The van der Waals surface area contributed by atoms with E-state index in [2.05, 4.69) is 20.7 Å². The summed E-state index contributed by atoms with van der Waals surface area (Å²) in [4.78, 5) is 26.3. The molecule has 1 fully saturated rings. The molecule has 17 heavy (non-hydrogen) atoms. The normalized spacial score (nSPS) is 19.8. The summed E-state index contributed by atoms with van der Waals surface area (Å²) in [6.45, 7) is 0.554. The molecule has 2 rings (SSSR count). The lowest BCUT2D eigenvalue weighted by atomic mass is 10.1. The third-order valence-corrected chi connectivity index (χ3v) is 2.49. The van der Waals surface area contributed by atoms with Crippen LogP contribution in [0.5, 0.6) is 0 Å². The number of anilines is 1. The Balaban J connectivity index is 1.79. The Hall–Kier alpha value is -2.12. The van der Waals surface area contributed by atoms with Crippen LogP contribution in [0.4, 0.5) is 5.95 Å². The van der Waals surface area contributed by atoms with Gasteiger partial charge < -0.3 is 16.4 Å². The predicted molar refractivity (Wildman–Crippen MR) is 58.6 cm³/mol. The molecule has 0 saturated carbocycles. The summed E-state index contributed by atoms with van der Waals surface area (Å²) in [5.41, 5.74) is 5.33. The lowest BCUT2D eigenvalue weighted by Gasteiger charge is -2.23. The van der Waals surface area contributed by atoms with Gasteiger partial charge in [0.2, 0.25) is 17.8 Å². The van der Waals surface area contributed by atoms with E-state index < -0.39 is 0 Å². The number of nitrogen functional groups attached to an aromatic ring is 1. The zero-order chi connectivity index (χ0) is 12.3. The van der Waals surface area contributed by atoms with Crippen LogP contribution in [-0.4, -0.2) is 39.2 Å². The van der Waals surface area contributed by atoms with E-state index in [0.29, 0.717) is 19.4 Å². The minimum atomic E-state index is -0.170. The monoisotopic (exact) mass is 238 g/mol. The van der Waals surface area contributed by atoms with Crippen LogP contribution >= 0.6 is 0 Å². The van der Waals surface area contributed by atoms with Crippen molar-refractivity contribution in [3.63, 3.8) is 0 Å². The quantitative estimate of drug-likeness (QED) is 0.578. The standard InChI is InChI=1S/C9H14N6O2/c10-9-12-5-15(14-9)4-8(17)13-6-1-2-7(16)11-3-6/h5-6H,1-4H2,(H2,10,14)(H,11,16)(H,13,17). The summed E-state index contributed by atoms with van der Waals surface area (Å²) >= 11 is 0. The lowest BCUT2D eigenvalue weighted by Crippen LogP contribution is -2.48. The van der Waals surface area contributed by atoms with Crippen LogP contribution in [0.1, 0.15) is 12.8 Å². The van der Waals surface area contributed by atoms with Crippen molar-refractivity contribution < 1.29 is 9.59 Å². The van der Waals surface area contributed by atoms with Crippen molar-refractivity contribution in [2.24, 2.45) is 0 Å². The molecule has 1 aromatic heterocycles. The van der Waals surface area contributed by atoms with E-state index >= 15 is 0 Å².